The molecule has 4 nitrogen and oxygen atoms in total. The van der Waals surface area contributed by atoms with E-state index < -0.39 is 20.1 Å². The number of anilines is 1. The highest BCUT2D eigenvalue weighted by Crippen LogP contribution is 2.39. The van der Waals surface area contributed by atoms with Gasteiger partial charge in [0, 0.05) is 0 Å². The third-order valence-electron chi connectivity index (χ3n) is 3.48. The van der Waals surface area contributed by atoms with E-state index in [2.05, 4.69) is 0 Å². The van der Waals surface area contributed by atoms with Gasteiger partial charge in [0.25, 0.3) is 8.32 Å². The number of carboxylic acids is 1. The summed E-state index contributed by atoms with van der Waals surface area (Å²) >= 11 is 0. The number of aromatic carboxylic acids is 1. The first-order valence-electron chi connectivity index (χ1n) is 5.97. The zero-order chi connectivity index (χ0) is 15.0. The standard InChI is InChI=1S/C13H20FNO3Si/c1-13(2,3)19(4,5)18-11-9(14)6-8(12(16)17)7-10(11)15/h6-7H,15H2,1-5H3,(H,16,17). The molecule has 1 rings (SSSR count). The zero-order valence-corrected chi connectivity index (χ0v) is 12.9. The van der Waals surface area contributed by atoms with Crippen LogP contribution in [0.15, 0.2) is 12.1 Å². The lowest BCUT2D eigenvalue weighted by Crippen LogP contribution is -2.44. The van der Waals surface area contributed by atoms with Crippen molar-refractivity contribution in [3.63, 3.8) is 0 Å². The van der Waals surface area contributed by atoms with E-state index in [0.29, 0.717) is 0 Å². The van der Waals surface area contributed by atoms with Crippen LogP contribution < -0.4 is 10.2 Å². The van der Waals surface area contributed by atoms with E-state index in [0.717, 1.165) is 6.07 Å². The molecule has 3 N–H and O–H groups in total. The molecule has 0 spiro atoms. The Bertz CT molecular complexity index is 486. The van der Waals surface area contributed by atoms with Crippen molar-refractivity contribution < 1.29 is 18.7 Å². The van der Waals surface area contributed by atoms with Crippen LogP contribution in [-0.4, -0.2) is 19.4 Å². The Balaban J connectivity index is 3.20. The molecule has 0 saturated heterocycles. The second-order valence-electron chi connectivity index (χ2n) is 6.04. The van der Waals surface area contributed by atoms with Crippen molar-refractivity contribution in [1.29, 1.82) is 0 Å². The largest absolute Gasteiger partial charge is 0.540 e. The molecule has 19 heavy (non-hydrogen) atoms. The Hall–Kier alpha value is -1.56. The minimum Gasteiger partial charge on any atom is -0.540 e. The maximum Gasteiger partial charge on any atom is 0.335 e. The van der Waals surface area contributed by atoms with E-state index in [1.54, 1.807) is 0 Å². The molecule has 0 radical (unpaired) electrons. The van der Waals surface area contributed by atoms with E-state index in [1.807, 2.05) is 33.9 Å². The number of carboxylic acid groups (broad SMARTS) is 1. The van der Waals surface area contributed by atoms with Gasteiger partial charge in [-0.2, -0.15) is 0 Å². The Morgan fingerprint density at radius 3 is 2.26 bits per heavy atom. The van der Waals surface area contributed by atoms with Crippen molar-refractivity contribution in [2.45, 2.75) is 38.9 Å². The first kappa shape index (κ1) is 15.5. The monoisotopic (exact) mass is 285 g/mol. The normalized spacial score (nSPS) is 12.3. The number of hydrogen-bond acceptors (Lipinski definition) is 3. The van der Waals surface area contributed by atoms with E-state index in [1.165, 1.54) is 6.07 Å². The van der Waals surface area contributed by atoms with Gasteiger partial charge in [0.2, 0.25) is 0 Å². The quantitative estimate of drug-likeness (QED) is 0.658. The van der Waals surface area contributed by atoms with Gasteiger partial charge in [-0.25, -0.2) is 9.18 Å². The molecule has 0 amide bonds. The highest BCUT2D eigenvalue weighted by atomic mass is 28.4. The highest BCUT2D eigenvalue weighted by Gasteiger charge is 2.40. The van der Waals surface area contributed by atoms with Crippen molar-refractivity contribution in [2.24, 2.45) is 0 Å². The Kier molecular flexibility index (Phi) is 3.95. The summed E-state index contributed by atoms with van der Waals surface area (Å²) < 4.78 is 19.8. The van der Waals surface area contributed by atoms with Gasteiger partial charge in [-0.3, -0.25) is 0 Å². The zero-order valence-electron chi connectivity index (χ0n) is 11.9. The van der Waals surface area contributed by atoms with Gasteiger partial charge in [-0.15, -0.1) is 0 Å². The summed E-state index contributed by atoms with van der Waals surface area (Å²) in [5, 5.41) is 8.73. The average molecular weight is 285 g/mol. The molecule has 0 aliphatic carbocycles. The Labute approximate surface area is 113 Å². The van der Waals surface area contributed by atoms with Crippen LogP contribution in [-0.2, 0) is 0 Å². The first-order chi connectivity index (χ1) is 8.45. The number of nitrogen functional groups attached to an aromatic ring is 1. The lowest BCUT2D eigenvalue weighted by molar-refractivity contribution is 0.0696. The van der Waals surface area contributed by atoms with E-state index >= 15 is 0 Å². The van der Waals surface area contributed by atoms with Crippen molar-refractivity contribution >= 4 is 20.0 Å². The number of nitrogens with two attached hydrogens (primary N) is 1. The van der Waals surface area contributed by atoms with Gasteiger partial charge >= 0.3 is 5.97 Å². The summed E-state index contributed by atoms with van der Waals surface area (Å²) in [7, 11) is -2.22. The second-order valence-corrected chi connectivity index (χ2v) is 10.8. The molecule has 0 aromatic heterocycles. The molecule has 1 aromatic carbocycles. The van der Waals surface area contributed by atoms with Gasteiger partial charge in [0.05, 0.1) is 11.3 Å². The molecule has 0 bridgehead atoms. The van der Waals surface area contributed by atoms with E-state index in [9.17, 15) is 9.18 Å². The number of halogens is 1. The summed E-state index contributed by atoms with van der Waals surface area (Å²) in [6.07, 6.45) is 0. The van der Waals surface area contributed by atoms with Crippen molar-refractivity contribution in [2.75, 3.05) is 5.73 Å². The molecule has 0 fully saturated rings. The molecule has 0 unspecified atom stereocenters. The minimum absolute atomic E-state index is 0.0159. The van der Waals surface area contributed by atoms with Crippen LogP contribution >= 0.6 is 0 Å². The third kappa shape index (κ3) is 3.26. The number of rotatable bonds is 3. The summed E-state index contributed by atoms with van der Waals surface area (Å²) in [4.78, 5) is 10.8. The maximum atomic E-state index is 13.9. The fraction of sp³-hybridized carbons (Fsp3) is 0.462. The van der Waals surface area contributed by atoms with Crippen molar-refractivity contribution in [3.8, 4) is 5.75 Å². The van der Waals surface area contributed by atoms with Crippen LogP contribution in [0.2, 0.25) is 18.1 Å². The summed E-state index contributed by atoms with van der Waals surface area (Å²) in [5.41, 5.74) is 5.54. The molecule has 0 saturated carbocycles. The lowest BCUT2D eigenvalue weighted by Gasteiger charge is -2.36. The van der Waals surface area contributed by atoms with Crippen molar-refractivity contribution in [3.05, 3.63) is 23.5 Å². The lowest BCUT2D eigenvalue weighted by atomic mass is 10.2. The molecule has 106 valence electrons. The van der Waals surface area contributed by atoms with Crippen LogP contribution in [0, 0.1) is 5.82 Å². The van der Waals surface area contributed by atoms with Gasteiger partial charge in [0.15, 0.2) is 11.6 Å². The van der Waals surface area contributed by atoms with E-state index in [-0.39, 0.29) is 22.0 Å². The topological polar surface area (TPSA) is 72.5 Å². The van der Waals surface area contributed by atoms with Gasteiger partial charge in [-0.05, 0) is 30.3 Å². The molecular formula is C13H20FNO3Si. The van der Waals surface area contributed by atoms with Crippen LogP contribution in [0.25, 0.3) is 0 Å². The van der Waals surface area contributed by atoms with Gasteiger partial charge in [0.1, 0.15) is 0 Å². The molecule has 0 aliphatic rings. The number of carbonyl (C=O) groups is 1. The summed E-state index contributed by atoms with van der Waals surface area (Å²) in [6, 6.07) is 2.15. The predicted octanol–water partition coefficient (Wildman–Crippen LogP) is 3.49. The van der Waals surface area contributed by atoms with Crippen LogP contribution in [0.5, 0.6) is 5.75 Å². The molecule has 0 heterocycles. The Morgan fingerprint density at radius 2 is 1.89 bits per heavy atom. The van der Waals surface area contributed by atoms with Gasteiger partial charge < -0.3 is 15.3 Å². The fourth-order valence-corrected chi connectivity index (χ4v) is 2.29. The van der Waals surface area contributed by atoms with Crippen LogP contribution in [0.1, 0.15) is 31.1 Å². The summed E-state index contributed by atoms with van der Waals surface area (Å²) in [5.74, 6) is -2.00. The van der Waals surface area contributed by atoms with E-state index in [4.69, 9.17) is 15.3 Å². The summed E-state index contributed by atoms with van der Waals surface area (Å²) in [6.45, 7) is 10.0. The average Bonchev–Trinajstić information content (AvgIpc) is 2.21. The van der Waals surface area contributed by atoms with Crippen molar-refractivity contribution in [1.82, 2.24) is 0 Å². The van der Waals surface area contributed by atoms with Crippen LogP contribution in [0.4, 0.5) is 10.1 Å². The SMILES string of the molecule is CC(C)(C)[Si](C)(C)Oc1c(N)cc(C(=O)O)cc1F. The minimum atomic E-state index is -2.22. The Morgan fingerprint density at radius 1 is 1.37 bits per heavy atom. The highest BCUT2D eigenvalue weighted by molar-refractivity contribution is 6.74. The molecular weight excluding hydrogens is 265 g/mol. The third-order valence-corrected chi connectivity index (χ3v) is 7.81. The fourth-order valence-electron chi connectivity index (χ4n) is 1.25. The molecule has 0 atom stereocenters. The number of benzene rings is 1. The van der Waals surface area contributed by atoms with Crippen LogP contribution in [0.3, 0.4) is 0 Å². The second kappa shape index (κ2) is 4.84. The molecule has 1 aromatic rings. The first-order valence-corrected chi connectivity index (χ1v) is 8.88. The smallest absolute Gasteiger partial charge is 0.335 e. The maximum absolute atomic E-state index is 13.9. The molecule has 6 heteroatoms. The molecule has 0 aliphatic heterocycles. The number of hydrogen-bond donors (Lipinski definition) is 2. The van der Waals surface area contributed by atoms with Gasteiger partial charge in [-0.1, -0.05) is 20.8 Å². The predicted molar refractivity (Wildman–Crippen MR) is 75.6 cm³/mol.